The molecule has 0 aromatic heterocycles. The zero-order chi connectivity index (χ0) is 17.3. The molecular formula is C17H23NO4S. The highest BCUT2D eigenvalue weighted by molar-refractivity contribution is 7.89. The Kier molecular flexibility index (Phi) is 4.84. The predicted molar refractivity (Wildman–Crippen MR) is 88.6 cm³/mol. The van der Waals surface area contributed by atoms with Crippen LogP contribution in [0.4, 0.5) is 4.79 Å². The number of amides is 1. The van der Waals surface area contributed by atoms with Gasteiger partial charge in [-0.2, -0.15) is 4.31 Å². The molecule has 0 saturated carbocycles. The Morgan fingerprint density at radius 2 is 1.65 bits per heavy atom. The standard InChI is InChI=1S/C17H23NO4S/c1-13-9-11-15(12-10-13)23(20,21)18(14-7-5-6-8-14)16(19)22-17(2,3)4/h5-6,9-12,14H,7-8H2,1-4H3. The van der Waals surface area contributed by atoms with Crippen molar-refractivity contribution in [2.45, 2.75) is 57.1 Å². The van der Waals surface area contributed by atoms with Crippen LogP contribution in [0.15, 0.2) is 41.3 Å². The highest BCUT2D eigenvalue weighted by atomic mass is 32.2. The number of hydrogen-bond acceptors (Lipinski definition) is 4. The molecule has 1 aliphatic carbocycles. The molecule has 126 valence electrons. The van der Waals surface area contributed by atoms with Gasteiger partial charge in [0, 0.05) is 0 Å². The minimum Gasteiger partial charge on any atom is -0.443 e. The minimum absolute atomic E-state index is 0.0980. The number of nitrogens with zero attached hydrogens (tertiary/aromatic N) is 1. The molecule has 0 fully saturated rings. The Hall–Kier alpha value is -1.82. The second kappa shape index (κ2) is 6.35. The molecule has 1 aliphatic rings. The fourth-order valence-corrected chi connectivity index (χ4v) is 3.87. The van der Waals surface area contributed by atoms with Crippen LogP contribution >= 0.6 is 0 Å². The molecule has 5 nitrogen and oxygen atoms in total. The van der Waals surface area contributed by atoms with Crippen molar-refractivity contribution in [3.05, 3.63) is 42.0 Å². The van der Waals surface area contributed by atoms with Crippen molar-refractivity contribution in [2.75, 3.05) is 0 Å². The Bertz CT molecular complexity index is 691. The average molecular weight is 337 g/mol. The number of sulfonamides is 1. The van der Waals surface area contributed by atoms with Gasteiger partial charge in [0.25, 0.3) is 10.0 Å². The lowest BCUT2D eigenvalue weighted by molar-refractivity contribution is 0.0344. The monoisotopic (exact) mass is 337 g/mol. The first kappa shape index (κ1) is 17.5. The van der Waals surface area contributed by atoms with Crippen LogP contribution in [0.3, 0.4) is 0 Å². The van der Waals surface area contributed by atoms with E-state index in [-0.39, 0.29) is 4.90 Å². The van der Waals surface area contributed by atoms with Gasteiger partial charge in [0.05, 0.1) is 10.9 Å². The van der Waals surface area contributed by atoms with Gasteiger partial charge in [-0.05, 0) is 52.7 Å². The topological polar surface area (TPSA) is 63.7 Å². The van der Waals surface area contributed by atoms with Crippen LogP contribution < -0.4 is 0 Å². The van der Waals surface area contributed by atoms with Gasteiger partial charge >= 0.3 is 6.09 Å². The normalized spacial score (nSPS) is 15.7. The Balaban J connectivity index is 2.39. The molecule has 0 bridgehead atoms. The van der Waals surface area contributed by atoms with E-state index in [1.54, 1.807) is 32.9 Å². The lowest BCUT2D eigenvalue weighted by Crippen LogP contribution is -2.46. The van der Waals surface area contributed by atoms with Gasteiger partial charge in [-0.1, -0.05) is 29.8 Å². The van der Waals surface area contributed by atoms with Crippen LogP contribution in [0.25, 0.3) is 0 Å². The van der Waals surface area contributed by atoms with Crippen molar-refractivity contribution >= 4 is 16.1 Å². The fraction of sp³-hybridized carbons (Fsp3) is 0.471. The van der Waals surface area contributed by atoms with Crippen molar-refractivity contribution < 1.29 is 17.9 Å². The molecule has 0 atom stereocenters. The summed E-state index contributed by atoms with van der Waals surface area (Å²) in [4.78, 5) is 12.6. The Morgan fingerprint density at radius 1 is 1.13 bits per heavy atom. The summed E-state index contributed by atoms with van der Waals surface area (Å²) in [5.74, 6) is 0. The zero-order valence-electron chi connectivity index (χ0n) is 13.9. The highest BCUT2D eigenvalue weighted by Crippen LogP contribution is 2.27. The molecule has 23 heavy (non-hydrogen) atoms. The predicted octanol–water partition coefficient (Wildman–Crippen LogP) is 3.64. The van der Waals surface area contributed by atoms with Gasteiger partial charge in [-0.3, -0.25) is 0 Å². The van der Waals surface area contributed by atoms with E-state index in [1.165, 1.54) is 12.1 Å². The maximum Gasteiger partial charge on any atom is 0.424 e. The van der Waals surface area contributed by atoms with E-state index in [0.717, 1.165) is 9.87 Å². The molecule has 0 spiro atoms. The molecule has 6 heteroatoms. The third-order valence-corrected chi connectivity index (χ3v) is 5.30. The van der Waals surface area contributed by atoms with Crippen LogP contribution in [0.2, 0.25) is 0 Å². The zero-order valence-corrected chi connectivity index (χ0v) is 14.8. The van der Waals surface area contributed by atoms with Gasteiger partial charge in [-0.15, -0.1) is 0 Å². The smallest absolute Gasteiger partial charge is 0.424 e. The molecule has 0 aliphatic heterocycles. The molecule has 1 aromatic rings. The molecule has 0 radical (unpaired) electrons. The summed E-state index contributed by atoms with van der Waals surface area (Å²) in [6.07, 6.45) is 3.94. The third-order valence-electron chi connectivity index (χ3n) is 3.47. The molecule has 0 saturated heterocycles. The number of hydrogen-bond donors (Lipinski definition) is 0. The molecule has 1 amide bonds. The van der Waals surface area contributed by atoms with Crippen LogP contribution in [0, 0.1) is 6.92 Å². The van der Waals surface area contributed by atoms with E-state index in [1.807, 2.05) is 19.1 Å². The maximum atomic E-state index is 13.0. The average Bonchev–Trinajstić information content (AvgIpc) is 2.90. The van der Waals surface area contributed by atoms with Gasteiger partial charge in [0.2, 0.25) is 0 Å². The second-order valence-electron chi connectivity index (χ2n) is 6.69. The van der Waals surface area contributed by atoms with Crippen LogP contribution in [0.5, 0.6) is 0 Å². The lowest BCUT2D eigenvalue weighted by atomic mass is 10.2. The van der Waals surface area contributed by atoms with Crippen LogP contribution in [-0.4, -0.2) is 30.5 Å². The first-order chi connectivity index (χ1) is 10.6. The third kappa shape index (κ3) is 4.13. The molecular weight excluding hydrogens is 314 g/mol. The minimum atomic E-state index is -3.95. The number of carbonyl (C=O) groups is 1. The van der Waals surface area contributed by atoms with Crippen molar-refractivity contribution in [3.8, 4) is 0 Å². The van der Waals surface area contributed by atoms with E-state index in [2.05, 4.69) is 0 Å². The second-order valence-corrected chi connectivity index (χ2v) is 8.51. The van der Waals surface area contributed by atoms with Gasteiger partial charge in [-0.25, -0.2) is 13.2 Å². The van der Waals surface area contributed by atoms with E-state index < -0.39 is 27.8 Å². The molecule has 0 heterocycles. The summed E-state index contributed by atoms with van der Waals surface area (Å²) in [6.45, 7) is 7.03. The first-order valence-corrected chi connectivity index (χ1v) is 9.04. The van der Waals surface area contributed by atoms with Gasteiger partial charge < -0.3 is 4.74 Å². The van der Waals surface area contributed by atoms with Crippen molar-refractivity contribution in [2.24, 2.45) is 0 Å². The molecule has 2 rings (SSSR count). The SMILES string of the molecule is Cc1ccc(S(=O)(=O)N(C(=O)OC(C)(C)C)C2CC=CC2)cc1. The number of ether oxygens (including phenoxy) is 1. The largest absolute Gasteiger partial charge is 0.443 e. The van der Waals surface area contributed by atoms with E-state index >= 15 is 0 Å². The van der Waals surface area contributed by atoms with E-state index in [4.69, 9.17) is 4.74 Å². The quantitative estimate of drug-likeness (QED) is 0.790. The maximum absolute atomic E-state index is 13.0. The van der Waals surface area contributed by atoms with E-state index in [9.17, 15) is 13.2 Å². The summed E-state index contributed by atoms with van der Waals surface area (Å²) in [5.41, 5.74) is 0.194. The number of aryl methyl sites for hydroxylation is 1. The van der Waals surface area contributed by atoms with Gasteiger partial charge in [0.15, 0.2) is 0 Å². The summed E-state index contributed by atoms with van der Waals surface area (Å²) in [6, 6.07) is 6.03. The van der Waals surface area contributed by atoms with Crippen LogP contribution in [-0.2, 0) is 14.8 Å². The Labute approximate surface area is 138 Å². The van der Waals surface area contributed by atoms with Crippen molar-refractivity contribution in [1.82, 2.24) is 4.31 Å². The van der Waals surface area contributed by atoms with Crippen LogP contribution in [0.1, 0.15) is 39.2 Å². The van der Waals surface area contributed by atoms with E-state index in [0.29, 0.717) is 12.8 Å². The summed E-state index contributed by atoms with van der Waals surface area (Å²) >= 11 is 0. The number of rotatable bonds is 3. The first-order valence-electron chi connectivity index (χ1n) is 7.60. The summed E-state index contributed by atoms with van der Waals surface area (Å²) in [7, 11) is -3.95. The Morgan fingerprint density at radius 3 is 2.13 bits per heavy atom. The molecule has 0 unspecified atom stereocenters. The lowest BCUT2D eigenvalue weighted by Gasteiger charge is -2.30. The molecule has 1 aromatic carbocycles. The molecule has 0 N–H and O–H groups in total. The summed E-state index contributed by atoms with van der Waals surface area (Å²) in [5, 5.41) is 0. The van der Waals surface area contributed by atoms with Crippen molar-refractivity contribution in [3.63, 3.8) is 0 Å². The summed E-state index contributed by atoms with van der Waals surface area (Å²) < 4.78 is 32.1. The highest BCUT2D eigenvalue weighted by Gasteiger charge is 2.38. The number of carbonyl (C=O) groups excluding carboxylic acids is 1. The number of benzene rings is 1. The van der Waals surface area contributed by atoms with Crippen molar-refractivity contribution in [1.29, 1.82) is 0 Å². The van der Waals surface area contributed by atoms with Gasteiger partial charge in [0.1, 0.15) is 5.60 Å². The fourth-order valence-electron chi connectivity index (χ4n) is 2.37.